The fraction of sp³-hybridized carbons (Fsp3) is 0.455. The molecule has 0 aromatic heterocycles. The van der Waals surface area contributed by atoms with Crippen LogP contribution in [0, 0.1) is 0 Å². The van der Waals surface area contributed by atoms with Crippen molar-refractivity contribution in [2.75, 3.05) is 23.7 Å². The second-order valence-electron chi connectivity index (χ2n) is 4.26. The number of benzene rings is 1. The molecule has 3 nitrogen and oxygen atoms in total. The van der Waals surface area contributed by atoms with Gasteiger partial charge in [-0.1, -0.05) is 12.1 Å². The Bertz CT molecular complexity index is 421. The Balaban J connectivity index is 2.22. The molecule has 1 aliphatic heterocycles. The van der Waals surface area contributed by atoms with E-state index in [1.165, 1.54) is 4.90 Å². The number of β-amino-alcohol motifs (C(OH)–C–C–N with tert-alkyl or cyclic N) is 1. The summed E-state index contributed by atoms with van der Waals surface area (Å²) in [5.41, 5.74) is 4.01. The van der Waals surface area contributed by atoms with Crippen LogP contribution in [0.2, 0.25) is 0 Å². The first-order valence-electron chi connectivity index (χ1n) is 5.22. The van der Waals surface area contributed by atoms with Crippen molar-refractivity contribution in [1.82, 2.24) is 0 Å². The predicted molar refractivity (Wildman–Crippen MR) is 58.7 cm³/mol. The average Bonchev–Trinajstić information content (AvgIpc) is 2.62. The van der Waals surface area contributed by atoms with Gasteiger partial charge in [0.2, 0.25) is 0 Å². The van der Waals surface area contributed by atoms with Crippen LogP contribution in [0.25, 0.3) is 0 Å². The van der Waals surface area contributed by atoms with E-state index >= 15 is 0 Å². The number of nitrogens with two attached hydrogens (primary N) is 1. The van der Waals surface area contributed by atoms with E-state index in [1.807, 2.05) is 0 Å². The van der Waals surface area contributed by atoms with Crippen molar-refractivity contribution in [2.24, 2.45) is 0 Å². The standard InChI is InChI=1S/C11H13F3N2O/c12-11(13,14)10(17)5-6-16(7-10)9-4-2-1-3-8(9)15/h1-4,17H,5-7,15H2. The highest BCUT2D eigenvalue weighted by atomic mass is 19.4. The van der Waals surface area contributed by atoms with Crippen molar-refractivity contribution in [3.05, 3.63) is 24.3 Å². The zero-order valence-electron chi connectivity index (χ0n) is 9.04. The SMILES string of the molecule is Nc1ccccc1N1CCC(O)(C(F)(F)F)C1. The van der Waals surface area contributed by atoms with Crippen molar-refractivity contribution in [3.8, 4) is 0 Å². The highest BCUT2D eigenvalue weighted by molar-refractivity contribution is 5.67. The van der Waals surface area contributed by atoms with E-state index in [2.05, 4.69) is 0 Å². The van der Waals surface area contributed by atoms with Crippen LogP contribution in [0.5, 0.6) is 0 Å². The normalized spacial score (nSPS) is 25.3. The maximum Gasteiger partial charge on any atom is 0.418 e. The van der Waals surface area contributed by atoms with Crippen LogP contribution >= 0.6 is 0 Å². The van der Waals surface area contributed by atoms with Crippen LogP contribution in [0.15, 0.2) is 24.3 Å². The number of anilines is 2. The molecule has 1 fully saturated rings. The van der Waals surface area contributed by atoms with Gasteiger partial charge in [-0.25, -0.2) is 0 Å². The first kappa shape index (κ1) is 12.0. The lowest BCUT2D eigenvalue weighted by Crippen LogP contribution is -2.47. The van der Waals surface area contributed by atoms with Crippen LogP contribution in [0.1, 0.15) is 6.42 Å². The summed E-state index contributed by atoms with van der Waals surface area (Å²) in [7, 11) is 0. The first-order chi connectivity index (χ1) is 7.83. The predicted octanol–water partition coefficient (Wildman–Crippen LogP) is 1.77. The Morgan fingerprint density at radius 2 is 1.94 bits per heavy atom. The highest BCUT2D eigenvalue weighted by Gasteiger charge is 2.57. The van der Waals surface area contributed by atoms with E-state index in [0.29, 0.717) is 11.4 Å². The van der Waals surface area contributed by atoms with Crippen molar-refractivity contribution < 1.29 is 18.3 Å². The molecule has 0 saturated carbocycles. The van der Waals surface area contributed by atoms with Crippen LogP contribution < -0.4 is 10.6 Å². The van der Waals surface area contributed by atoms with Gasteiger partial charge in [0, 0.05) is 13.0 Å². The van der Waals surface area contributed by atoms with Crippen LogP contribution in [-0.2, 0) is 0 Å². The Morgan fingerprint density at radius 3 is 2.47 bits per heavy atom. The molecule has 1 aromatic rings. The van der Waals surface area contributed by atoms with E-state index in [1.54, 1.807) is 24.3 Å². The van der Waals surface area contributed by atoms with E-state index < -0.39 is 18.3 Å². The van der Waals surface area contributed by atoms with Gasteiger partial charge in [-0.15, -0.1) is 0 Å². The third-order valence-electron chi connectivity index (χ3n) is 3.05. The Hall–Kier alpha value is -1.43. The third-order valence-corrected chi connectivity index (χ3v) is 3.05. The topological polar surface area (TPSA) is 49.5 Å². The summed E-state index contributed by atoms with van der Waals surface area (Å²) in [6.07, 6.45) is -4.93. The van der Waals surface area contributed by atoms with Crippen molar-refractivity contribution in [3.63, 3.8) is 0 Å². The summed E-state index contributed by atoms with van der Waals surface area (Å²) in [6, 6.07) is 6.69. The summed E-state index contributed by atoms with van der Waals surface area (Å²) in [5, 5.41) is 9.54. The van der Waals surface area contributed by atoms with Gasteiger partial charge in [0.25, 0.3) is 0 Å². The molecule has 0 aliphatic carbocycles. The number of alkyl halides is 3. The smallest absolute Gasteiger partial charge is 0.397 e. The summed E-state index contributed by atoms with van der Waals surface area (Å²) < 4.78 is 37.9. The zero-order chi connectivity index (χ0) is 12.7. The van der Waals surface area contributed by atoms with E-state index in [-0.39, 0.29) is 13.0 Å². The molecule has 3 N–H and O–H groups in total. The highest BCUT2D eigenvalue weighted by Crippen LogP contribution is 2.40. The van der Waals surface area contributed by atoms with Crippen LogP contribution in [0.3, 0.4) is 0 Å². The lowest BCUT2D eigenvalue weighted by Gasteiger charge is -2.27. The second kappa shape index (κ2) is 3.80. The van der Waals surface area contributed by atoms with Gasteiger partial charge < -0.3 is 15.7 Å². The summed E-state index contributed by atoms with van der Waals surface area (Å²) >= 11 is 0. The monoisotopic (exact) mass is 246 g/mol. The van der Waals surface area contributed by atoms with Gasteiger partial charge >= 0.3 is 6.18 Å². The minimum Gasteiger partial charge on any atom is -0.397 e. The summed E-state index contributed by atoms with van der Waals surface area (Å²) in [6.45, 7) is -0.324. The number of hydrogen-bond acceptors (Lipinski definition) is 3. The van der Waals surface area contributed by atoms with Crippen molar-refractivity contribution in [1.29, 1.82) is 0 Å². The number of aliphatic hydroxyl groups is 1. The second-order valence-corrected chi connectivity index (χ2v) is 4.26. The molecular weight excluding hydrogens is 233 g/mol. The van der Waals surface area contributed by atoms with Crippen molar-refractivity contribution >= 4 is 11.4 Å². The van der Waals surface area contributed by atoms with E-state index in [9.17, 15) is 18.3 Å². The molecule has 6 heteroatoms. The zero-order valence-corrected chi connectivity index (χ0v) is 9.04. The van der Waals surface area contributed by atoms with Crippen molar-refractivity contribution in [2.45, 2.75) is 18.2 Å². The Morgan fingerprint density at radius 1 is 1.29 bits per heavy atom. The molecule has 1 aliphatic rings. The number of halogens is 3. The molecular formula is C11H13F3N2O. The lowest BCUT2D eigenvalue weighted by molar-refractivity contribution is -0.250. The minimum atomic E-state index is -4.61. The van der Waals surface area contributed by atoms with Gasteiger partial charge in [-0.2, -0.15) is 13.2 Å². The Labute approximate surface area is 96.6 Å². The maximum atomic E-state index is 12.6. The Kier molecular flexibility index (Phi) is 2.69. The van der Waals surface area contributed by atoms with Gasteiger partial charge in [-0.3, -0.25) is 0 Å². The molecule has 0 amide bonds. The quantitative estimate of drug-likeness (QED) is 0.742. The number of nitrogens with zero attached hydrogens (tertiary/aromatic N) is 1. The minimum absolute atomic E-state index is 0.143. The van der Waals surface area contributed by atoms with Crippen LogP contribution in [0.4, 0.5) is 24.5 Å². The molecule has 1 aromatic carbocycles. The average molecular weight is 246 g/mol. The van der Waals surface area contributed by atoms with Gasteiger partial charge in [-0.05, 0) is 12.1 Å². The summed E-state index contributed by atoms with van der Waals surface area (Å²) in [5.74, 6) is 0. The lowest BCUT2D eigenvalue weighted by atomic mass is 10.0. The molecule has 1 heterocycles. The first-order valence-corrected chi connectivity index (χ1v) is 5.22. The third kappa shape index (κ3) is 2.04. The number of hydrogen-bond donors (Lipinski definition) is 2. The fourth-order valence-electron chi connectivity index (χ4n) is 2.01. The largest absolute Gasteiger partial charge is 0.418 e. The molecule has 0 bridgehead atoms. The molecule has 94 valence electrons. The number of rotatable bonds is 1. The molecule has 0 radical (unpaired) electrons. The molecule has 1 atom stereocenters. The maximum absolute atomic E-state index is 12.6. The van der Waals surface area contributed by atoms with E-state index in [4.69, 9.17) is 5.73 Å². The molecule has 2 rings (SSSR count). The molecule has 17 heavy (non-hydrogen) atoms. The van der Waals surface area contributed by atoms with Gasteiger partial charge in [0.15, 0.2) is 5.60 Å². The fourth-order valence-corrected chi connectivity index (χ4v) is 2.01. The number of nitrogen functional groups attached to an aromatic ring is 1. The van der Waals surface area contributed by atoms with Gasteiger partial charge in [0.1, 0.15) is 0 Å². The summed E-state index contributed by atoms with van der Waals surface area (Å²) in [4.78, 5) is 1.46. The van der Waals surface area contributed by atoms with Crippen LogP contribution in [-0.4, -0.2) is 30.0 Å². The molecule has 1 saturated heterocycles. The molecule has 0 spiro atoms. The van der Waals surface area contributed by atoms with E-state index in [0.717, 1.165) is 0 Å². The van der Waals surface area contributed by atoms with Gasteiger partial charge in [0.05, 0.1) is 17.9 Å². The molecule has 1 unspecified atom stereocenters. The number of para-hydroxylation sites is 2.